The van der Waals surface area contributed by atoms with E-state index >= 15 is 0 Å². The largest absolute Gasteiger partial charge is 0.350 e. The van der Waals surface area contributed by atoms with E-state index in [0.717, 1.165) is 18.4 Å². The molecule has 0 spiro atoms. The fourth-order valence-electron chi connectivity index (χ4n) is 4.68. The predicted molar refractivity (Wildman–Crippen MR) is 152 cm³/mol. The summed E-state index contributed by atoms with van der Waals surface area (Å²) < 4.78 is 27.4. The zero-order valence-corrected chi connectivity index (χ0v) is 22.9. The summed E-state index contributed by atoms with van der Waals surface area (Å²) in [6, 6.07) is 27.5. The lowest BCUT2D eigenvalue weighted by molar-refractivity contribution is 0.0935. The van der Waals surface area contributed by atoms with Crippen molar-refractivity contribution in [3.63, 3.8) is 0 Å². The van der Waals surface area contributed by atoms with Crippen LogP contribution >= 0.6 is 11.6 Å². The van der Waals surface area contributed by atoms with Crippen LogP contribution < -0.4 is 10.2 Å². The zero-order chi connectivity index (χ0) is 27.6. The lowest BCUT2D eigenvalue weighted by Crippen LogP contribution is -2.34. The summed E-state index contributed by atoms with van der Waals surface area (Å²) in [4.78, 5) is 28.3. The van der Waals surface area contributed by atoms with Gasteiger partial charge in [0.1, 0.15) is 0 Å². The number of nitrogens with one attached hydrogen (secondary N) is 1. The van der Waals surface area contributed by atoms with Crippen LogP contribution in [0.1, 0.15) is 45.2 Å². The fourth-order valence-corrected chi connectivity index (χ4v) is 6.44. The number of rotatable bonds is 7. The zero-order valence-electron chi connectivity index (χ0n) is 21.3. The first kappa shape index (κ1) is 26.7. The molecule has 0 aromatic heterocycles. The highest BCUT2D eigenvalue weighted by Crippen LogP contribution is 2.38. The highest BCUT2D eigenvalue weighted by molar-refractivity contribution is 7.91. The van der Waals surface area contributed by atoms with Crippen LogP contribution in [0.15, 0.2) is 107 Å². The van der Waals surface area contributed by atoms with Gasteiger partial charge in [0.05, 0.1) is 27.6 Å². The van der Waals surface area contributed by atoms with Crippen molar-refractivity contribution in [1.29, 1.82) is 0 Å². The summed E-state index contributed by atoms with van der Waals surface area (Å²) in [5, 5.41) is 3.55. The minimum atomic E-state index is -4.02. The van der Waals surface area contributed by atoms with Crippen molar-refractivity contribution in [3.05, 3.63) is 124 Å². The van der Waals surface area contributed by atoms with E-state index in [1.165, 1.54) is 40.8 Å². The van der Waals surface area contributed by atoms with Crippen molar-refractivity contribution in [2.45, 2.75) is 42.1 Å². The van der Waals surface area contributed by atoms with Crippen molar-refractivity contribution in [2.24, 2.45) is 0 Å². The Morgan fingerprint density at radius 3 is 2.31 bits per heavy atom. The van der Waals surface area contributed by atoms with E-state index in [9.17, 15) is 18.0 Å². The second kappa shape index (κ2) is 11.0. The van der Waals surface area contributed by atoms with Crippen LogP contribution in [0.4, 0.5) is 5.69 Å². The topological polar surface area (TPSA) is 83.6 Å². The summed E-state index contributed by atoms with van der Waals surface area (Å²) in [5.74, 6) is -0.798. The lowest BCUT2D eigenvalue weighted by Gasteiger charge is -2.24. The molecule has 0 saturated heterocycles. The molecule has 1 atom stereocenters. The molecule has 1 heterocycles. The van der Waals surface area contributed by atoms with Gasteiger partial charge in [0.15, 0.2) is 0 Å². The number of aryl methyl sites for hydroxylation is 1. The second-order valence-corrected chi connectivity index (χ2v) is 11.9. The average Bonchev–Trinajstić information content (AvgIpc) is 3.01. The molecule has 4 aromatic rings. The standard InChI is InChI=1S/C31H27ClN2O4S/c1-21(11-12-22-7-3-2-4-8-22)33-30(35)24-15-18-29-27(19-24)34(20-23-13-16-25(32)17-14-23)31(36)26-9-5-6-10-28(26)39(29,37)38/h2-10,13-19,21H,11-12,20H2,1H3,(H,33,35). The van der Waals surface area contributed by atoms with E-state index in [1.54, 1.807) is 36.4 Å². The minimum Gasteiger partial charge on any atom is -0.350 e. The molecule has 2 amide bonds. The molecule has 39 heavy (non-hydrogen) atoms. The number of hydrogen-bond donors (Lipinski definition) is 1. The number of fused-ring (bicyclic) bond motifs is 2. The van der Waals surface area contributed by atoms with Crippen LogP contribution in [0.5, 0.6) is 0 Å². The van der Waals surface area contributed by atoms with Gasteiger partial charge in [-0.3, -0.25) is 9.59 Å². The molecule has 1 aliphatic heterocycles. The molecule has 0 fully saturated rings. The highest BCUT2D eigenvalue weighted by Gasteiger charge is 2.36. The van der Waals surface area contributed by atoms with Crippen molar-refractivity contribution >= 4 is 38.9 Å². The van der Waals surface area contributed by atoms with Crippen LogP contribution in [-0.4, -0.2) is 26.3 Å². The number of carbonyl (C=O) groups is 2. The molecule has 0 bridgehead atoms. The molecule has 1 aliphatic rings. The van der Waals surface area contributed by atoms with Crippen LogP contribution in [-0.2, 0) is 22.8 Å². The Balaban J connectivity index is 1.49. The number of carbonyl (C=O) groups excluding carboxylic acids is 2. The molecular weight excluding hydrogens is 532 g/mol. The van der Waals surface area contributed by atoms with Crippen LogP contribution in [0.25, 0.3) is 0 Å². The maximum Gasteiger partial charge on any atom is 0.259 e. The maximum absolute atomic E-state index is 13.8. The Bertz CT molecular complexity index is 1640. The number of amides is 2. The van der Waals surface area contributed by atoms with Gasteiger partial charge in [-0.05, 0) is 73.4 Å². The first-order valence-electron chi connectivity index (χ1n) is 12.6. The van der Waals surface area contributed by atoms with Crippen molar-refractivity contribution in [3.8, 4) is 0 Å². The Kier molecular flexibility index (Phi) is 7.55. The van der Waals surface area contributed by atoms with Crippen molar-refractivity contribution in [1.82, 2.24) is 5.32 Å². The van der Waals surface area contributed by atoms with Gasteiger partial charge in [-0.1, -0.05) is 66.2 Å². The number of benzene rings is 4. The van der Waals surface area contributed by atoms with Gasteiger partial charge in [-0.15, -0.1) is 0 Å². The Morgan fingerprint density at radius 1 is 0.872 bits per heavy atom. The summed E-state index contributed by atoms with van der Waals surface area (Å²) in [6.07, 6.45) is 1.55. The number of hydrogen-bond acceptors (Lipinski definition) is 4. The molecule has 5 rings (SSSR count). The van der Waals surface area contributed by atoms with Gasteiger partial charge in [0, 0.05) is 16.6 Å². The summed E-state index contributed by atoms with van der Waals surface area (Å²) >= 11 is 6.04. The number of nitrogens with zero attached hydrogens (tertiary/aromatic N) is 1. The smallest absolute Gasteiger partial charge is 0.259 e. The Morgan fingerprint density at radius 2 is 1.56 bits per heavy atom. The van der Waals surface area contributed by atoms with E-state index in [2.05, 4.69) is 5.32 Å². The quantitative estimate of drug-likeness (QED) is 0.298. The molecule has 0 saturated carbocycles. The summed E-state index contributed by atoms with van der Waals surface area (Å²) in [7, 11) is -4.02. The van der Waals surface area contributed by atoms with Crippen molar-refractivity contribution in [2.75, 3.05) is 4.90 Å². The minimum absolute atomic E-state index is 0.0246. The molecule has 198 valence electrons. The number of halogens is 1. The molecule has 4 aromatic carbocycles. The highest BCUT2D eigenvalue weighted by atomic mass is 35.5. The van der Waals surface area contributed by atoms with Crippen molar-refractivity contribution < 1.29 is 18.0 Å². The molecule has 0 aliphatic carbocycles. The maximum atomic E-state index is 13.8. The van der Waals surface area contributed by atoms with Crippen LogP contribution in [0, 0.1) is 0 Å². The van der Waals surface area contributed by atoms with Gasteiger partial charge in [-0.2, -0.15) is 0 Å². The number of anilines is 1. The second-order valence-electron chi connectivity index (χ2n) is 9.60. The van der Waals surface area contributed by atoms with E-state index in [-0.39, 0.29) is 45.1 Å². The molecule has 0 radical (unpaired) electrons. The van der Waals surface area contributed by atoms with Gasteiger partial charge in [-0.25, -0.2) is 8.42 Å². The van der Waals surface area contributed by atoms with E-state index in [1.807, 2.05) is 37.3 Å². The fraction of sp³-hybridized carbons (Fsp3) is 0.161. The third-order valence-electron chi connectivity index (χ3n) is 6.79. The average molecular weight is 559 g/mol. The molecular formula is C31H27ClN2O4S. The van der Waals surface area contributed by atoms with E-state index in [4.69, 9.17) is 11.6 Å². The first-order valence-corrected chi connectivity index (χ1v) is 14.5. The van der Waals surface area contributed by atoms with Gasteiger partial charge < -0.3 is 10.2 Å². The Labute approximate surface area is 233 Å². The van der Waals surface area contributed by atoms with Gasteiger partial charge >= 0.3 is 0 Å². The monoisotopic (exact) mass is 558 g/mol. The lowest BCUT2D eigenvalue weighted by atomic mass is 10.1. The van der Waals surface area contributed by atoms with Crippen LogP contribution in [0.3, 0.4) is 0 Å². The van der Waals surface area contributed by atoms with E-state index < -0.39 is 15.7 Å². The predicted octanol–water partition coefficient (Wildman–Crippen LogP) is 6.08. The SMILES string of the molecule is CC(CCc1ccccc1)NC(=O)c1ccc2c(c1)N(Cc1ccc(Cl)cc1)C(=O)c1ccccc1S2(=O)=O. The van der Waals surface area contributed by atoms with Gasteiger partial charge in [0.25, 0.3) is 11.8 Å². The Hall–Kier alpha value is -3.94. The summed E-state index contributed by atoms with van der Waals surface area (Å²) in [6.45, 7) is 2.03. The molecule has 1 unspecified atom stereocenters. The third kappa shape index (κ3) is 5.60. The normalized spacial score (nSPS) is 14.6. The molecule has 8 heteroatoms. The van der Waals surface area contributed by atoms with Gasteiger partial charge in [0.2, 0.25) is 9.84 Å². The summed E-state index contributed by atoms with van der Waals surface area (Å²) in [5.41, 5.74) is 2.47. The third-order valence-corrected chi connectivity index (χ3v) is 8.91. The van der Waals surface area contributed by atoms with Crippen LogP contribution in [0.2, 0.25) is 5.02 Å². The molecule has 6 nitrogen and oxygen atoms in total. The molecule has 1 N–H and O–H groups in total. The number of sulfone groups is 1. The first-order chi connectivity index (χ1) is 18.7. The van der Waals surface area contributed by atoms with E-state index in [0.29, 0.717) is 5.02 Å².